The molecule has 1 saturated carbocycles. The van der Waals surface area contributed by atoms with Gasteiger partial charge in [-0.25, -0.2) is 4.98 Å². The zero-order chi connectivity index (χ0) is 17.8. The van der Waals surface area contributed by atoms with Gasteiger partial charge in [-0.3, -0.25) is 9.59 Å². The van der Waals surface area contributed by atoms with Gasteiger partial charge in [-0.05, 0) is 49.2 Å². The molecule has 1 fully saturated rings. The Morgan fingerprint density at radius 3 is 2.44 bits per heavy atom. The predicted molar refractivity (Wildman–Crippen MR) is 97.8 cm³/mol. The van der Waals surface area contributed by atoms with Crippen molar-refractivity contribution in [2.24, 2.45) is 5.73 Å². The first-order valence-corrected chi connectivity index (χ1v) is 8.45. The molecule has 0 radical (unpaired) electrons. The third kappa shape index (κ3) is 3.96. The van der Waals surface area contributed by atoms with E-state index in [0.29, 0.717) is 22.9 Å². The van der Waals surface area contributed by atoms with Crippen LogP contribution in [-0.2, 0) is 0 Å². The molecule has 1 aromatic carbocycles. The fourth-order valence-electron chi connectivity index (χ4n) is 3.08. The van der Waals surface area contributed by atoms with Gasteiger partial charge in [-0.2, -0.15) is 0 Å². The van der Waals surface area contributed by atoms with Gasteiger partial charge < -0.3 is 16.0 Å². The van der Waals surface area contributed by atoms with Crippen LogP contribution in [0.1, 0.15) is 46.4 Å². The van der Waals surface area contributed by atoms with E-state index < -0.39 is 5.91 Å². The van der Waals surface area contributed by atoms with Crippen LogP contribution in [0.3, 0.4) is 0 Å². The van der Waals surface area contributed by atoms with Crippen LogP contribution < -0.4 is 16.0 Å². The van der Waals surface area contributed by atoms with Crippen LogP contribution >= 0.6 is 0 Å². The Labute approximate surface area is 147 Å². The summed E-state index contributed by atoms with van der Waals surface area (Å²) in [5, 5.41) is 3.40. The van der Waals surface area contributed by atoms with Crippen molar-refractivity contribution < 1.29 is 9.59 Å². The molecular formula is C19H22N4O2. The summed E-state index contributed by atoms with van der Waals surface area (Å²) in [6.07, 6.45) is 6.41. The molecule has 6 heteroatoms. The molecule has 0 unspecified atom stereocenters. The van der Waals surface area contributed by atoms with Gasteiger partial charge in [0.2, 0.25) is 5.91 Å². The summed E-state index contributed by atoms with van der Waals surface area (Å²) in [6, 6.07) is 10.6. The van der Waals surface area contributed by atoms with E-state index >= 15 is 0 Å². The number of carbonyl (C=O) groups is 2. The number of nitrogens with zero attached hydrogens (tertiary/aromatic N) is 2. The molecular weight excluding hydrogens is 316 g/mol. The first kappa shape index (κ1) is 17.0. The number of rotatable bonds is 5. The zero-order valence-corrected chi connectivity index (χ0v) is 14.2. The molecule has 3 rings (SSSR count). The Morgan fingerprint density at radius 2 is 1.80 bits per heavy atom. The molecule has 2 amide bonds. The van der Waals surface area contributed by atoms with Gasteiger partial charge >= 0.3 is 0 Å². The highest BCUT2D eigenvalue weighted by Gasteiger charge is 2.17. The lowest BCUT2D eigenvalue weighted by atomic mass is 10.1. The second-order valence-electron chi connectivity index (χ2n) is 6.33. The maximum Gasteiger partial charge on any atom is 0.258 e. The fraction of sp³-hybridized carbons (Fsp3) is 0.316. The highest BCUT2D eigenvalue weighted by atomic mass is 16.2. The molecule has 0 aliphatic heterocycles. The SMILES string of the molecule is CN(C(=O)c1ccnc(NC2CCCC2)c1)c1ccc(C(N)=O)cc1. The number of amides is 2. The van der Waals surface area contributed by atoms with E-state index in [-0.39, 0.29) is 5.91 Å². The van der Waals surface area contributed by atoms with Gasteiger partial charge in [0.05, 0.1) is 0 Å². The standard InChI is InChI=1S/C19H22N4O2/c1-23(16-8-6-13(7-9-16)18(20)24)19(25)14-10-11-21-17(12-14)22-15-4-2-3-5-15/h6-12,15H,2-5H2,1H3,(H2,20,24)(H,21,22). The van der Waals surface area contributed by atoms with Crippen molar-refractivity contribution in [1.29, 1.82) is 0 Å². The maximum atomic E-state index is 12.7. The van der Waals surface area contributed by atoms with Crippen LogP contribution in [0.15, 0.2) is 42.6 Å². The van der Waals surface area contributed by atoms with Gasteiger partial charge in [0.25, 0.3) is 5.91 Å². The third-order valence-corrected chi connectivity index (χ3v) is 4.56. The number of nitrogens with two attached hydrogens (primary N) is 1. The number of carbonyl (C=O) groups excluding carboxylic acids is 2. The summed E-state index contributed by atoms with van der Waals surface area (Å²) in [5.74, 6) is 0.108. The molecule has 1 aliphatic rings. The number of hydrogen-bond donors (Lipinski definition) is 2. The van der Waals surface area contributed by atoms with E-state index in [1.807, 2.05) is 0 Å². The van der Waals surface area contributed by atoms with E-state index in [2.05, 4.69) is 10.3 Å². The van der Waals surface area contributed by atoms with Gasteiger partial charge in [0, 0.05) is 36.1 Å². The van der Waals surface area contributed by atoms with Gasteiger partial charge in [-0.1, -0.05) is 12.8 Å². The largest absolute Gasteiger partial charge is 0.367 e. The second-order valence-corrected chi connectivity index (χ2v) is 6.33. The van der Waals surface area contributed by atoms with Crippen LogP contribution in [-0.4, -0.2) is 29.9 Å². The summed E-state index contributed by atoms with van der Waals surface area (Å²) in [4.78, 5) is 29.7. The number of nitrogens with one attached hydrogen (secondary N) is 1. The minimum atomic E-state index is -0.489. The lowest BCUT2D eigenvalue weighted by molar-refractivity contribution is 0.0989. The molecule has 2 aromatic rings. The molecule has 25 heavy (non-hydrogen) atoms. The highest BCUT2D eigenvalue weighted by molar-refractivity contribution is 6.06. The lowest BCUT2D eigenvalue weighted by Crippen LogP contribution is -2.26. The first-order valence-electron chi connectivity index (χ1n) is 8.45. The fourth-order valence-corrected chi connectivity index (χ4v) is 3.08. The van der Waals surface area contributed by atoms with E-state index in [4.69, 9.17) is 5.73 Å². The minimum Gasteiger partial charge on any atom is -0.367 e. The minimum absolute atomic E-state index is 0.135. The van der Waals surface area contributed by atoms with Gasteiger partial charge in [-0.15, -0.1) is 0 Å². The number of anilines is 2. The smallest absolute Gasteiger partial charge is 0.258 e. The van der Waals surface area contributed by atoms with Crippen LogP contribution in [0.4, 0.5) is 11.5 Å². The van der Waals surface area contributed by atoms with Crippen molar-refractivity contribution in [2.75, 3.05) is 17.3 Å². The third-order valence-electron chi connectivity index (χ3n) is 4.56. The lowest BCUT2D eigenvalue weighted by Gasteiger charge is -2.18. The number of primary amides is 1. The van der Waals surface area contributed by atoms with E-state index in [9.17, 15) is 9.59 Å². The Bertz CT molecular complexity index is 767. The van der Waals surface area contributed by atoms with Crippen molar-refractivity contribution in [3.05, 3.63) is 53.7 Å². The maximum absolute atomic E-state index is 12.7. The molecule has 1 heterocycles. The molecule has 130 valence electrons. The molecule has 1 aromatic heterocycles. The van der Waals surface area contributed by atoms with Crippen LogP contribution in [0.2, 0.25) is 0 Å². The van der Waals surface area contributed by atoms with Crippen molar-refractivity contribution >= 4 is 23.3 Å². The number of aromatic nitrogens is 1. The molecule has 6 nitrogen and oxygen atoms in total. The summed E-state index contributed by atoms with van der Waals surface area (Å²) < 4.78 is 0. The van der Waals surface area contributed by atoms with Gasteiger partial charge in [0.15, 0.2) is 0 Å². The average Bonchev–Trinajstić information content (AvgIpc) is 3.13. The van der Waals surface area contributed by atoms with Crippen LogP contribution in [0.25, 0.3) is 0 Å². The first-order chi connectivity index (χ1) is 12.0. The van der Waals surface area contributed by atoms with Crippen LogP contribution in [0.5, 0.6) is 0 Å². The normalized spacial score (nSPS) is 14.3. The van der Waals surface area contributed by atoms with E-state index in [1.165, 1.54) is 12.8 Å². The van der Waals surface area contributed by atoms with Crippen LogP contribution in [0, 0.1) is 0 Å². The second kappa shape index (κ2) is 7.34. The quantitative estimate of drug-likeness (QED) is 0.877. The van der Waals surface area contributed by atoms with Gasteiger partial charge in [0.1, 0.15) is 5.82 Å². The molecule has 0 bridgehead atoms. The topological polar surface area (TPSA) is 88.3 Å². The summed E-state index contributed by atoms with van der Waals surface area (Å²) in [7, 11) is 1.70. The van der Waals surface area contributed by atoms with Crippen molar-refractivity contribution in [2.45, 2.75) is 31.7 Å². The molecule has 0 atom stereocenters. The Hall–Kier alpha value is -2.89. The molecule has 0 spiro atoms. The van der Waals surface area contributed by atoms with E-state index in [1.54, 1.807) is 54.5 Å². The van der Waals surface area contributed by atoms with Crippen molar-refractivity contribution in [3.63, 3.8) is 0 Å². The predicted octanol–water partition coefficient (Wildman–Crippen LogP) is 2.81. The Kier molecular flexibility index (Phi) is 4.97. The Morgan fingerprint density at radius 1 is 1.12 bits per heavy atom. The van der Waals surface area contributed by atoms with Crippen molar-refractivity contribution in [3.8, 4) is 0 Å². The summed E-state index contributed by atoms with van der Waals surface area (Å²) in [6.45, 7) is 0. The van der Waals surface area contributed by atoms with Crippen molar-refractivity contribution in [1.82, 2.24) is 4.98 Å². The number of hydrogen-bond acceptors (Lipinski definition) is 4. The Balaban J connectivity index is 1.73. The van der Waals surface area contributed by atoms with E-state index in [0.717, 1.165) is 18.7 Å². The number of pyridine rings is 1. The molecule has 0 saturated heterocycles. The zero-order valence-electron chi connectivity index (χ0n) is 14.2. The summed E-state index contributed by atoms with van der Waals surface area (Å²) in [5.41, 5.74) is 6.91. The monoisotopic (exact) mass is 338 g/mol. The highest BCUT2D eigenvalue weighted by Crippen LogP contribution is 2.22. The summed E-state index contributed by atoms with van der Waals surface area (Å²) >= 11 is 0. The molecule has 3 N–H and O–H groups in total. The molecule has 1 aliphatic carbocycles. The number of benzene rings is 1. The average molecular weight is 338 g/mol.